The molecule has 10 heterocycles. The number of benzene rings is 14. The minimum Gasteiger partial charge on any atom is -0.309 e. The molecule has 0 aliphatic rings. The number of hydrogen-bond acceptors (Lipinski definition) is 2. The second kappa shape index (κ2) is 21.6. The number of fused-ring (bicyclic) bond motifs is 18. The van der Waals surface area contributed by atoms with Crippen molar-refractivity contribution < 1.29 is 0 Å². The molecule has 0 aliphatic carbocycles. The summed E-state index contributed by atoms with van der Waals surface area (Å²) in [4.78, 5) is 11.1. The largest absolute Gasteiger partial charge is 0.309 e. The average Bonchev–Trinajstić information content (AvgIpc) is 1.63. The fourth-order valence-corrected chi connectivity index (χ4v) is 18.3. The van der Waals surface area contributed by atoms with Gasteiger partial charge in [0.25, 0.3) is 0 Å². The molecule has 8 heteroatoms. The maximum atomic E-state index is 5.58. The summed E-state index contributed by atoms with van der Waals surface area (Å²) in [5, 5.41) is 14.5. The van der Waals surface area contributed by atoms with Gasteiger partial charge in [-0.05, 0) is 167 Å². The molecule has 0 atom stereocenters. The lowest BCUT2D eigenvalue weighted by Gasteiger charge is -2.11. The molecule has 0 spiro atoms. The van der Waals surface area contributed by atoms with Crippen LogP contribution in [-0.4, -0.2) is 37.0 Å². The Morgan fingerprint density at radius 3 is 0.972 bits per heavy atom. The monoisotopic (exact) mass is 1350 g/mol. The molecule has 0 fully saturated rings. The third kappa shape index (κ3) is 7.95. The first kappa shape index (κ1) is 57.3. The summed E-state index contributed by atoms with van der Waals surface area (Å²) in [7, 11) is 0. The van der Waals surface area contributed by atoms with Gasteiger partial charge in [-0.15, -0.1) is 0 Å². The Bertz CT molecular complexity index is 7810. The summed E-state index contributed by atoms with van der Waals surface area (Å²) in [5.41, 5.74) is 31.3. The first-order valence-corrected chi connectivity index (χ1v) is 36.4. The van der Waals surface area contributed by atoms with E-state index in [2.05, 4.69) is 379 Å². The van der Waals surface area contributed by atoms with Crippen molar-refractivity contribution in [2.24, 2.45) is 0 Å². The number of nitrogens with zero attached hydrogens (tertiary/aromatic N) is 8. The third-order valence-corrected chi connectivity index (χ3v) is 22.9. The van der Waals surface area contributed by atoms with Crippen LogP contribution < -0.4 is 0 Å². The van der Waals surface area contributed by atoms with Crippen LogP contribution >= 0.6 is 0 Å². The van der Waals surface area contributed by atoms with Gasteiger partial charge in [0.1, 0.15) is 11.3 Å². The van der Waals surface area contributed by atoms with E-state index in [0.29, 0.717) is 0 Å². The summed E-state index contributed by atoms with van der Waals surface area (Å²) < 4.78 is 14.5. The highest BCUT2D eigenvalue weighted by Crippen LogP contribution is 2.48. The molecular weight excluding hydrogens is 1290 g/mol. The van der Waals surface area contributed by atoms with Crippen molar-refractivity contribution in [1.82, 2.24) is 37.0 Å². The fraction of sp³-hybridized carbons (Fsp3) is 0. The first-order valence-electron chi connectivity index (χ1n) is 36.4. The predicted octanol–water partition coefficient (Wildman–Crippen LogP) is 25.2. The summed E-state index contributed by atoms with van der Waals surface area (Å²) in [6.07, 6.45) is 0. The Balaban J connectivity index is 0.590. The molecule has 0 unspecified atom stereocenters. The Morgan fingerprint density at radius 2 is 0.509 bits per heavy atom. The molecule has 8 nitrogen and oxygen atoms in total. The van der Waals surface area contributed by atoms with Crippen molar-refractivity contribution in [3.8, 4) is 78.6 Å². The molecule has 0 bridgehead atoms. The van der Waals surface area contributed by atoms with Crippen LogP contribution in [-0.2, 0) is 0 Å². The number of aromatic nitrogens is 8. The second-order valence-electron chi connectivity index (χ2n) is 28.4. The van der Waals surface area contributed by atoms with Crippen LogP contribution in [0.5, 0.6) is 0 Å². The van der Waals surface area contributed by atoms with Crippen LogP contribution in [0.2, 0.25) is 0 Å². The summed E-state index contributed by atoms with van der Waals surface area (Å²) in [6.45, 7) is 0. The Labute approximate surface area is 605 Å². The van der Waals surface area contributed by atoms with Gasteiger partial charge in [0, 0.05) is 98.4 Å². The van der Waals surface area contributed by atoms with E-state index in [1.54, 1.807) is 0 Å². The van der Waals surface area contributed by atoms with Gasteiger partial charge in [0.2, 0.25) is 0 Å². The van der Waals surface area contributed by atoms with Gasteiger partial charge in [0.05, 0.1) is 83.3 Å². The number of imidazole rings is 2. The van der Waals surface area contributed by atoms with E-state index in [0.717, 1.165) is 106 Å². The lowest BCUT2D eigenvalue weighted by atomic mass is 9.99. The highest BCUT2D eigenvalue weighted by Gasteiger charge is 2.27. The molecule has 0 saturated carbocycles. The first-order chi connectivity index (χ1) is 52.6. The van der Waals surface area contributed by atoms with Gasteiger partial charge in [-0.1, -0.05) is 212 Å². The molecule has 0 amide bonds. The van der Waals surface area contributed by atoms with Crippen LogP contribution in [0.25, 0.3) is 221 Å². The van der Waals surface area contributed by atoms with Crippen LogP contribution in [0.15, 0.2) is 352 Å². The molecule has 490 valence electrons. The van der Waals surface area contributed by atoms with Gasteiger partial charge in [-0.25, -0.2) is 9.97 Å². The maximum Gasteiger partial charge on any atom is 0.138 e. The van der Waals surface area contributed by atoms with E-state index < -0.39 is 0 Å². The molecule has 0 radical (unpaired) electrons. The predicted molar refractivity (Wildman–Crippen MR) is 441 cm³/mol. The van der Waals surface area contributed by atoms with E-state index in [1.807, 2.05) is 0 Å². The van der Waals surface area contributed by atoms with E-state index in [4.69, 9.17) is 9.97 Å². The quantitative estimate of drug-likeness (QED) is 0.145. The van der Waals surface area contributed by atoms with Crippen molar-refractivity contribution in [2.75, 3.05) is 0 Å². The van der Waals surface area contributed by atoms with Crippen molar-refractivity contribution in [2.45, 2.75) is 0 Å². The summed E-state index contributed by atoms with van der Waals surface area (Å²) >= 11 is 0. The number of rotatable bonds is 9. The SMILES string of the molecule is c1ccc(-n2c3ccccc3c3cc(-c4ccc5c(c4)c4ccccc4n5-c4ccc(-c5nc6ccc(-c7cccc(-c8nc9ccc(-n%10c%11ccccc%11c%11cc(-c%12ccc%13c(c%12)c%12ccccc%12n%13-c%12ccccc%12)ccc%11%10)c%10c%11ccccc%11c8n9%10)c7)c7c8ccccc8c5n67)cc4)ccc32)cc1. The van der Waals surface area contributed by atoms with Crippen molar-refractivity contribution in [3.05, 3.63) is 352 Å². The Morgan fingerprint density at radius 1 is 0.179 bits per heavy atom. The van der Waals surface area contributed by atoms with E-state index in [1.165, 1.54) is 114 Å². The molecule has 14 aromatic carbocycles. The molecule has 0 aliphatic heterocycles. The molecular formula is C98H58N8. The zero-order valence-corrected chi connectivity index (χ0v) is 57.1. The van der Waals surface area contributed by atoms with Crippen molar-refractivity contribution in [1.29, 1.82) is 0 Å². The third-order valence-electron chi connectivity index (χ3n) is 22.9. The summed E-state index contributed by atoms with van der Waals surface area (Å²) in [6, 6.07) is 129. The van der Waals surface area contributed by atoms with Crippen molar-refractivity contribution in [3.63, 3.8) is 0 Å². The zero-order chi connectivity index (χ0) is 69.0. The average molecular weight is 1350 g/mol. The molecule has 10 aromatic heterocycles. The smallest absolute Gasteiger partial charge is 0.138 e. The summed E-state index contributed by atoms with van der Waals surface area (Å²) in [5.74, 6) is 0. The Hall–Kier alpha value is -14.3. The minimum absolute atomic E-state index is 0.911. The lowest BCUT2D eigenvalue weighted by Crippen LogP contribution is -1.98. The van der Waals surface area contributed by atoms with E-state index >= 15 is 0 Å². The maximum absolute atomic E-state index is 5.58. The normalized spacial score (nSPS) is 12.3. The van der Waals surface area contributed by atoms with Crippen molar-refractivity contribution >= 4 is 142 Å². The van der Waals surface area contributed by atoms with Gasteiger partial charge in [0.15, 0.2) is 0 Å². The molecule has 24 rings (SSSR count). The van der Waals surface area contributed by atoms with Gasteiger partial charge in [-0.3, -0.25) is 8.80 Å². The van der Waals surface area contributed by atoms with Crippen LogP contribution in [0, 0.1) is 0 Å². The standard InChI is InChI=1S/C98H58N8/c1-3-22-66(23-4-1)101-82-34-15-11-26-70(82)78-55-60(40-47-86(78)101)61-42-49-88-80(57-61)72-28-13-17-36-84(72)103(88)68-44-38-59(39-45-68)93-97-76-32-9-7-30-74(76)95-69(46-52-91(99-93)105(95)97)64-20-19-21-65(54-64)94-98-77-33-10-8-31-75(77)96-90(51-53-92(100-94)106(96)98)104-85-37-18-14-29-73(85)81-58-63(43-50-89(81)104)62-41-48-87-79(56-62)71-27-12-16-35-83(71)102(87)67-24-5-2-6-25-67/h1-58H. The lowest BCUT2D eigenvalue weighted by molar-refractivity contribution is 1.17. The second-order valence-corrected chi connectivity index (χ2v) is 28.4. The molecule has 24 aromatic rings. The van der Waals surface area contributed by atoms with Gasteiger partial charge < -0.3 is 18.3 Å². The number of para-hydroxylation sites is 6. The van der Waals surface area contributed by atoms with Gasteiger partial charge in [-0.2, -0.15) is 0 Å². The van der Waals surface area contributed by atoms with E-state index in [9.17, 15) is 0 Å². The number of hydrogen-bond donors (Lipinski definition) is 0. The van der Waals surface area contributed by atoms with E-state index in [-0.39, 0.29) is 0 Å². The Kier molecular flexibility index (Phi) is 11.7. The topological polar surface area (TPSA) is 54.3 Å². The zero-order valence-electron chi connectivity index (χ0n) is 57.1. The molecule has 106 heavy (non-hydrogen) atoms. The van der Waals surface area contributed by atoms with Crippen LogP contribution in [0.4, 0.5) is 0 Å². The fourth-order valence-electron chi connectivity index (χ4n) is 18.3. The highest BCUT2D eigenvalue weighted by atomic mass is 15.1. The van der Waals surface area contributed by atoms with Crippen LogP contribution in [0.3, 0.4) is 0 Å². The van der Waals surface area contributed by atoms with Crippen LogP contribution in [0.1, 0.15) is 0 Å². The molecule has 0 N–H and O–H groups in total. The number of pyridine rings is 2. The van der Waals surface area contributed by atoms with Gasteiger partial charge >= 0.3 is 0 Å². The highest BCUT2D eigenvalue weighted by molar-refractivity contribution is 6.21. The minimum atomic E-state index is 0.911. The molecule has 0 saturated heterocycles.